The van der Waals surface area contributed by atoms with Crippen LogP contribution in [0.2, 0.25) is 0 Å². The number of esters is 1. The smallest absolute Gasteiger partial charge is 0.358 e. The lowest BCUT2D eigenvalue weighted by Gasteiger charge is -2.16. The number of aromatic nitrogens is 2. The number of nitrogens with zero attached hydrogens (tertiary/aromatic N) is 2. The van der Waals surface area contributed by atoms with Crippen LogP contribution in [0.3, 0.4) is 0 Å². The van der Waals surface area contributed by atoms with Gasteiger partial charge in [0.05, 0.1) is 19.5 Å². The molecule has 1 saturated carbocycles. The van der Waals surface area contributed by atoms with Crippen LogP contribution in [-0.2, 0) is 4.74 Å². The van der Waals surface area contributed by atoms with E-state index in [-0.39, 0.29) is 5.69 Å². The molecule has 5 nitrogen and oxygen atoms in total. The summed E-state index contributed by atoms with van der Waals surface area (Å²) in [6, 6.07) is 0. The first-order chi connectivity index (χ1) is 8.70. The van der Waals surface area contributed by atoms with E-state index in [0.29, 0.717) is 11.7 Å². The van der Waals surface area contributed by atoms with Crippen LogP contribution in [0.5, 0.6) is 0 Å². The van der Waals surface area contributed by atoms with Crippen molar-refractivity contribution in [3.05, 3.63) is 18.1 Å². The molecule has 1 aliphatic rings. The molecule has 0 aliphatic heterocycles. The largest absolute Gasteiger partial charge is 0.464 e. The van der Waals surface area contributed by atoms with Gasteiger partial charge < -0.3 is 10.1 Å². The number of methoxy groups -OCH3 is 1. The molecule has 0 saturated heterocycles. The summed E-state index contributed by atoms with van der Waals surface area (Å²) in [5.41, 5.74) is 0.238. The molecular weight excluding hydrogens is 230 g/mol. The van der Waals surface area contributed by atoms with E-state index in [4.69, 9.17) is 0 Å². The number of hydrogen-bond donors (Lipinski definition) is 1. The molecule has 0 aromatic carbocycles. The van der Waals surface area contributed by atoms with Gasteiger partial charge in [-0.3, -0.25) is 4.98 Å². The summed E-state index contributed by atoms with van der Waals surface area (Å²) < 4.78 is 4.62. The Kier molecular flexibility index (Phi) is 4.12. The maximum absolute atomic E-state index is 11.3. The van der Waals surface area contributed by atoms with Gasteiger partial charge in [-0.1, -0.05) is 19.8 Å². The third-order valence-electron chi connectivity index (χ3n) is 3.61. The van der Waals surface area contributed by atoms with Crippen LogP contribution in [0, 0.1) is 11.8 Å². The first-order valence-electron chi connectivity index (χ1n) is 6.35. The third-order valence-corrected chi connectivity index (χ3v) is 3.61. The van der Waals surface area contributed by atoms with Crippen molar-refractivity contribution >= 4 is 11.8 Å². The van der Waals surface area contributed by atoms with Gasteiger partial charge in [0.1, 0.15) is 5.82 Å². The monoisotopic (exact) mass is 249 g/mol. The van der Waals surface area contributed by atoms with Crippen LogP contribution in [0.4, 0.5) is 5.82 Å². The van der Waals surface area contributed by atoms with Gasteiger partial charge in [0.2, 0.25) is 0 Å². The van der Waals surface area contributed by atoms with Gasteiger partial charge in [-0.05, 0) is 18.3 Å². The molecule has 1 aromatic heterocycles. The van der Waals surface area contributed by atoms with Crippen LogP contribution in [0.25, 0.3) is 0 Å². The van der Waals surface area contributed by atoms with Crippen molar-refractivity contribution in [2.24, 2.45) is 11.8 Å². The summed E-state index contributed by atoms with van der Waals surface area (Å²) in [6.45, 7) is 3.18. The fourth-order valence-electron chi connectivity index (χ4n) is 2.42. The molecule has 1 fully saturated rings. The SMILES string of the molecule is COC(=O)c1cncc(NCC2CCCC2C)n1. The molecule has 0 radical (unpaired) electrons. The predicted octanol–water partition coefficient (Wildman–Crippen LogP) is 2.11. The van der Waals surface area contributed by atoms with Crippen LogP contribution < -0.4 is 5.32 Å². The molecular formula is C13H19N3O2. The number of rotatable bonds is 4. The average Bonchev–Trinajstić information content (AvgIpc) is 2.81. The van der Waals surface area contributed by atoms with E-state index in [9.17, 15) is 4.79 Å². The van der Waals surface area contributed by atoms with E-state index in [0.717, 1.165) is 12.5 Å². The molecule has 98 valence electrons. The van der Waals surface area contributed by atoms with Gasteiger partial charge in [0.25, 0.3) is 0 Å². The molecule has 0 amide bonds. The Hall–Kier alpha value is -1.65. The van der Waals surface area contributed by atoms with Crippen LogP contribution in [-0.4, -0.2) is 29.6 Å². The highest BCUT2D eigenvalue weighted by Crippen LogP contribution is 2.30. The summed E-state index contributed by atoms with van der Waals surface area (Å²) >= 11 is 0. The van der Waals surface area contributed by atoms with Crippen molar-refractivity contribution in [2.45, 2.75) is 26.2 Å². The van der Waals surface area contributed by atoms with Crippen molar-refractivity contribution in [1.82, 2.24) is 9.97 Å². The average molecular weight is 249 g/mol. The predicted molar refractivity (Wildman–Crippen MR) is 68.4 cm³/mol. The maximum atomic E-state index is 11.3. The molecule has 2 rings (SSSR count). The number of carbonyl (C=O) groups is 1. The molecule has 0 spiro atoms. The Morgan fingerprint density at radius 1 is 1.50 bits per heavy atom. The zero-order valence-corrected chi connectivity index (χ0v) is 10.8. The van der Waals surface area contributed by atoms with Crippen molar-refractivity contribution in [3.8, 4) is 0 Å². The Morgan fingerprint density at radius 2 is 2.33 bits per heavy atom. The van der Waals surface area contributed by atoms with Gasteiger partial charge in [0, 0.05) is 6.54 Å². The standard InChI is InChI=1S/C13H19N3O2/c1-9-4-3-5-10(9)6-15-12-8-14-7-11(16-12)13(17)18-2/h7-10H,3-6H2,1-2H3,(H,15,16). The molecule has 2 atom stereocenters. The maximum Gasteiger partial charge on any atom is 0.358 e. The van der Waals surface area contributed by atoms with Crippen molar-refractivity contribution < 1.29 is 9.53 Å². The summed E-state index contributed by atoms with van der Waals surface area (Å²) in [7, 11) is 1.34. The Labute approximate surface area is 107 Å². The summed E-state index contributed by atoms with van der Waals surface area (Å²) in [5, 5.41) is 3.25. The molecule has 1 N–H and O–H groups in total. The second-order valence-electron chi connectivity index (χ2n) is 4.83. The van der Waals surface area contributed by atoms with Crippen LogP contribution in [0.15, 0.2) is 12.4 Å². The summed E-state index contributed by atoms with van der Waals surface area (Å²) in [4.78, 5) is 19.5. The number of ether oxygens (including phenoxy) is 1. The summed E-state index contributed by atoms with van der Waals surface area (Å²) in [6.07, 6.45) is 6.92. The Bertz CT molecular complexity index is 422. The zero-order valence-electron chi connectivity index (χ0n) is 10.8. The molecule has 5 heteroatoms. The molecule has 1 aliphatic carbocycles. The lowest BCUT2D eigenvalue weighted by atomic mass is 9.98. The van der Waals surface area contributed by atoms with E-state index in [2.05, 4.69) is 26.9 Å². The summed E-state index contributed by atoms with van der Waals surface area (Å²) in [5.74, 6) is 1.63. The quantitative estimate of drug-likeness (QED) is 0.828. The molecule has 18 heavy (non-hydrogen) atoms. The molecule has 1 heterocycles. The highest BCUT2D eigenvalue weighted by Gasteiger charge is 2.23. The van der Waals surface area contributed by atoms with Gasteiger partial charge >= 0.3 is 5.97 Å². The number of anilines is 1. The van der Waals surface area contributed by atoms with E-state index in [1.165, 1.54) is 32.6 Å². The minimum Gasteiger partial charge on any atom is -0.464 e. The normalized spacial score (nSPS) is 22.8. The first-order valence-corrected chi connectivity index (χ1v) is 6.35. The highest BCUT2D eigenvalue weighted by molar-refractivity contribution is 5.87. The van der Waals surface area contributed by atoms with E-state index >= 15 is 0 Å². The fraction of sp³-hybridized carbons (Fsp3) is 0.615. The lowest BCUT2D eigenvalue weighted by Crippen LogP contribution is -2.18. The lowest BCUT2D eigenvalue weighted by molar-refractivity contribution is 0.0593. The highest BCUT2D eigenvalue weighted by atomic mass is 16.5. The second kappa shape index (κ2) is 5.80. The number of nitrogens with one attached hydrogen (secondary N) is 1. The Morgan fingerprint density at radius 3 is 3.00 bits per heavy atom. The van der Waals surface area contributed by atoms with Gasteiger partial charge in [-0.25, -0.2) is 9.78 Å². The van der Waals surface area contributed by atoms with Crippen molar-refractivity contribution in [2.75, 3.05) is 19.0 Å². The van der Waals surface area contributed by atoms with Crippen molar-refractivity contribution in [1.29, 1.82) is 0 Å². The minimum absolute atomic E-state index is 0.238. The molecule has 0 bridgehead atoms. The van der Waals surface area contributed by atoms with Gasteiger partial charge in [-0.2, -0.15) is 0 Å². The fourth-order valence-corrected chi connectivity index (χ4v) is 2.42. The minimum atomic E-state index is -0.458. The molecule has 2 unspecified atom stereocenters. The van der Waals surface area contributed by atoms with Gasteiger partial charge in [-0.15, -0.1) is 0 Å². The number of hydrogen-bond acceptors (Lipinski definition) is 5. The third kappa shape index (κ3) is 2.97. The van der Waals surface area contributed by atoms with Crippen LogP contribution in [0.1, 0.15) is 36.7 Å². The van der Waals surface area contributed by atoms with E-state index in [1.54, 1.807) is 6.20 Å². The number of carbonyl (C=O) groups excluding carboxylic acids is 1. The zero-order chi connectivity index (χ0) is 13.0. The van der Waals surface area contributed by atoms with Crippen LogP contribution >= 0.6 is 0 Å². The topological polar surface area (TPSA) is 64.1 Å². The Balaban J connectivity index is 1.95. The van der Waals surface area contributed by atoms with E-state index in [1.807, 2.05) is 0 Å². The van der Waals surface area contributed by atoms with Crippen molar-refractivity contribution in [3.63, 3.8) is 0 Å². The van der Waals surface area contributed by atoms with Gasteiger partial charge in [0.15, 0.2) is 5.69 Å². The first kappa shape index (κ1) is 12.8. The van der Waals surface area contributed by atoms with E-state index < -0.39 is 5.97 Å². The second-order valence-corrected chi connectivity index (χ2v) is 4.83. The molecule has 1 aromatic rings.